The van der Waals surface area contributed by atoms with Gasteiger partial charge in [0.05, 0.1) is 6.61 Å². The summed E-state index contributed by atoms with van der Waals surface area (Å²) in [5.41, 5.74) is 2.54. The van der Waals surface area contributed by atoms with Crippen LogP contribution >= 0.6 is 0 Å². The Bertz CT molecular complexity index is 168. The zero-order chi connectivity index (χ0) is 7.56. The molecule has 0 aromatic heterocycles. The van der Waals surface area contributed by atoms with Gasteiger partial charge in [-0.3, -0.25) is 0 Å². The predicted molar refractivity (Wildman–Crippen MR) is 42.7 cm³/mol. The summed E-state index contributed by atoms with van der Waals surface area (Å²) >= 11 is 0. The van der Waals surface area contributed by atoms with E-state index in [4.69, 9.17) is 5.11 Å². The molecule has 56 valence electrons. The summed E-state index contributed by atoms with van der Waals surface area (Å²) in [4.78, 5) is 0. The average Bonchev–Trinajstić information content (AvgIpc) is 2.30. The average molecular weight is 138 g/mol. The van der Waals surface area contributed by atoms with Gasteiger partial charge >= 0.3 is 0 Å². The van der Waals surface area contributed by atoms with Crippen molar-refractivity contribution in [3.8, 4) is 0 Å². The highest BCUT2D eigenvalue weighted by Crippen LogP contribution is 2.31. The lowest BCUT2D eigenvalue weighted by atomic mass is 10.0. The van der Waals surface area contributed by atoms with Gasteiger partial charge in [0, 0.05) is 5.92 Å². The predicted octanol–water partition coefficient (Wildman–Crippen LogP) is 1.89. The largest absolute Gasteiger partial charge is 0.392 e. The molecule has 0 amide bonds. The van der Waals surface area contributed by atoms with E-state index in [2.05, 4.69) is 13.5 Å². The molecular weight excluding hydrogens is 124 g/mol. The fraction of sp³-hybridized carbons (Fsp3) is 0.556. The first kappa shape index (κ1) is 7.55. The SMILES string of the molecule is C=CC1CCC(C)=C1CO. The molecule has 0 saturated heterocycles. The Morgan fingerprint density at radius 2 is 2.50 bits per heavy atom. The van der Waals surface area contributed by atoms with Crippen LogP contribution < -0.4 is 0 Å². The van der Waals surface area contributed by atoms with Gasteiger partial charge in [0.2, 0.25) is 0 Å². The molecule has 0 heterocycles. The van der Waals surface area contributed by atoms with Crippen LogP contribution in [0.2, 0.25) is 0 Å². The Morgan fingerprint density at radius 1 is 1.80 bits per heavy atom. The van der Waals surface area contributed by atoms with E-state index in [-0.39, 0.29) is 6.61 Å². The van der Waals surface area contributed by atoms with Gasteiger partial charge < -0.3 is 5.11 Å². The summed E-state index contributed by atoms with van der Waals surface area (Å²) in [6.45, 7) is 6.03. The van der Waals surface area contributed by atoms with Crippen LogP contribution in [0.4, 0.5) is 0 Å². The quantitative estimate of drug-likeness (QED) is 0.578. The van der Waals surface area contributed by atoms with Crippen molar-refractivity contribution in [1.29, 1.82) is 0 Å². The maximum Gasteiger partial charge on any atom is 0.0650 e. The third-order valence-electron chi connectivity index (χ3n) is 2.28. The van der Waals surface area contributed by atoms with E-state index in [1.807, 2.05) is 6.08 Å². The maximum absolute atomic E-state index is 8.93. The second kappa shape index (κ2) is 3.02. The van der Waals surface area contributed by atoms with Crippen LogP contribution in [0.25, 0.3) is 0 Å². The van der Waals surface area contributed by atoms with E-state index in [0.717, 1.165) is 12.8 Å². The highest BCUT2D eigenvalue weighted by Gasteiger charge is 2.18. The molecule has 0 saturated carbocycles. The first-order valence-corrected chi connectivity index (χ1v) is 3.71. The molecular formula is C9H14O. The molecule has 0 fully saturated rings. The molecule has 1 heteroatoms. The fourth-order valence-corrected chi connectivity index (χ4v) is 1.54. The Morgan fingerprint density at radius 3 is 2.90 bits per heavy atom. The summed E-state index contributed by atoms with van der Waals surface area (Å²) in [5.74, 6) is 0.449. The summed E-state index contributed by atoms with van der Waals surface area (Å²) < 4.78 is 0. The molecule has 1 aliphatic carbocycles. The highest BCUT2D eigenvalue weighted by molar-refractivity contribution is 5.24. The van der Waals surface area contributed by atoms with Gasteiger partial charge in [-0.2, -0.15) is 0 Å². The summed E-state index contributed by atoms with van der Waals surface area (Å²) in [6.07, 6.45) is 4.21. The van der Waals surface area contributed by atoms with E-state index >= 15 is 0 Å². The van der Waals surface area contributed by atoms with Crippen molar-refractivity contribution < 1.29 is 5.11 Å². The minimum Gasteiger partial charge on any atom is -0.392 e. The van der Waals surface area contributed by atoms with E-state index in [1.54, 1.807) is 0 Å². The van der Waals surface area contributed by atoms with E-state index in [0.29, 0.717) is 5.92 Å². The fourth-order valence-electron chi connectivity index (χ4n) is 1.54. The smallest absolute Gasteiger partial charge is 0.0650 e. The number of aliphatic hydroxyl groups is 1. The molecule has 1 N–H and O–H groups in total. The van der Waals surface area contributed by atoms with Gasteiger partial charge in [-0.05, 0) is 25.3 Å². The van der Waals surface area contributed by atoms with Crippen LogP contribution in [-0.4, -0.2) is 11.7 Å². The molecule has 1 atom stereocenters. The van der Waals surface area contributed by atoms with Gasteiger partial charge in [-0.15, -0.1) is 6.58 Å². The van der Waals surface area contributed by atoms with E-state index in [9.17, 15) is 0 Å². The number of rotatable bonds is 2. The number of hydrogen-bond donors (Lipinski definition) is 1. The third-order valence-corrected chi connectivity index (χ3v) is 2.28. The van der Waals surface area contributed by atoms with Crippen molar-refractivity contribution in [3.63, 3.8) is 0 Å². The van der Waals surface area contributed by atoms with Gasteiger partial charge in [0.25, 0.3) is 0 Å². The molecule has 0 radical (unpaired) electrons. The summed E-state index contributed by atoms with van der Waals surface area (Å²) in [5, 5.41) is 8.93. The van der Waals surface area contributed by atoms with Crippen LogP contribution in [0, 0.1) is 5.92 Å². The Balaban J connectivity index is 2.75. The molecule has 0 spiro atoms. The number of allylic oxidation sites excluding steroid dienone is 2. The van der Waals surface area contributed by atoms with Crippen LogP contribution in [0.5, 0.6) is 0 Å². The zero-order valence-electron chi connectivity index (χ0n) is 6.43. The Labute approximate surface area is 62.1 Å². The molecule has 10 heavy (non-hydrogen) atoms. The molecule has 1 unspecified atom stereocenters. The summed E-state index contributed by atoms with van der Waals surface area (Å²) in [6, 6.07) is 0. The van der Waals surface area contributed by atoms with Crippen LogP contribution in [0.1, 0.15) is 19.8 Å². The van der Waals surface area contributed by atoms with Crippen molar-refractivity contribution in [2.24, 2.45) is 5.92 Å². The second-order valence-electron chi connectivity index (χ2n) is 2.84. The number of aliphatic hydroxyl groups excluding tert-OH is 1. The standard InChI is InChI=1S/C9H14O/c1-3-8-5-4-7(2)9(8)6-10/h3,8,10H,1,4-6H2,2H3. The minimum atomic E-state index is 0.211. The topological polar surface area (TPSA) is 20.2 Å². The lowest BCUT2D eigenvalue weighted by molar-refractivity contribution is 0.321. The van der Waals surface area contributed by atoms with E-state index in [1.165, 1.54) is 11.1 Å². The lowest BCUT2D eigenvalue weighted by Crippen LogP contribution is -1.99. The van der Waals surface area contributed by atoms with Gasteiger partial charge in [-0.25, -0.2) is 0 Å². The second-order valence-corrected chi connectivity index (χ2v) is 2.84. The van der Waals surface area contributed by atoms with Gasteiger partial charge in [-0.1, -0.05) is 11.6 Å². The molecule has 0 bridgehead atoms. The van der Waals surface area contributed by atoms with Gasteiger partial charge in [0.1, 0.15) is 0 Å². The Hall–Kier alpha value is -0.560. The molecule has 0 aliphatic heterocycles. The number of hydrogen-bond acceptors (Lipinski definition) is 1. The van der Waals surface area contributed by atoms with Crippen molar-refractivity contribution in [2.75, 3.05) is 6.61 Å². The first-order chi connectivity index (χ1) is 4.79. The lowest BCUT2D eigenvalue weighted by Gasteiger charge is -2.06. The molecule has 1 rings (SSSR count). The monoisotopic (exact) mass is 138 g/mol. The molecule has 0 aromatic carbocycles. The summed E-state index contributed by atoms with van der Waals surface area (Å²) in [7, 11) is 0. The zero-order valence-corrected chi connectivity index (χ0v) is 6.43. The van der Waals surface area contributed by atoms with Crippen LogP contribution in [-0.2, 0) is 0 Å². The minimum absolute atomic E-state index is 0.211. The van der Waals surface area contributed by atoms with Crippen molar-refractivity contribution in [2.45, 2.75) is 19.8 Å². The van der Waals surface area contributed by atoms with E-state index < -0.39 is 0 Å². The molecule has 1 nitrogen and oxygen atoms in total. The Kier molecular flexibility index (Phi) is 2.28. The van der Waals surface area contributed by atoms with Crippen molar-refractivity contribution in [1.82, 2.24) is 0 Å². The molecule has 1 aliphatic rings. The maximum atomic E-state index is 8.93. The van der Waals surface area contributed by atoms with Gasteiger partial charge in [0.15, 0.2) is 0 Å². The van der Waals surface area contributed by atoms with Crippen molar-refractivity contribution in [3.05, 3.63) is 23.8 Å². The third kappa shape index (κ3) is 1.14. The van der Waals surface area contributed by atoms with Crippen LogP contribution in [0.15, 0.2) is 23.8 Å². The van der Waals surface area contributed by atoms with Crippen LogP contribution in [0.3, 0.4) is 0 Å². The van der Waals surface area contributed by atoms with Crippen molar-refractivity contribution >= 4 is 0 Å². The first-order valence-electron chi connectivity index (χ1n) is 3.71. The highest BCUT2D eigenvalue weighted by atomic mass is 16.3. The molecule has 0 aromatic rings. The normalized spacial score (nSPS) is 25.6.